The van der Waals surface area contributed by atoms with Gasteiger partial charge in [0, 0.05) is 51.4 Å². The Morgan fingerprint density at radius 3 is 2.55 bits per heavy atom. The molecule has 0 aromatic carbocycles. The van der Waals surface area contributed by atoms with E-state index in [1.54, 1.807) is 0 Å². The number of carbonyl (C=O) groups excluding carboxylic acids is 1. The lowest BCUT2D eigenvalue weighted by Gasteiger charge is -2.40. The molecule has 2 rings (SSSR count). The Bertz CT molecular complexity index is 314. The van der Waals surface area contributed by atoms with Gasteiger partial charge in [-0.2, -0.15) is 0 Å². The first-order chi connectivity index (χ1) is 9.44. The molecular formula is C14H28N5O. The van der Waals surface area contributed by atoms with Gasteiger partial charge in [0.25, 0.3) is 0 Å². The molecule has 2 aliphatic heterocycles. The normalized spacial score (nSPS) is 26.4. The molecule has 1 radical (unpaired) electrons. The van der Waals surface area contributed by atoms with Crippen LogP contribution in [-0.4, -0.2) is 79.8 Å². The molecule has 2 aliphatic rings. The molecule has 6 heteroatoms. The zero-order chi connectivity index (χ0) is 14.6. The van der Waals surface area contributed by atoms with E-state index in [4.69, 9.17) is 0 Å². The highest BCUT2D eigenvalue weighted by Gasteiger charge is 2.26. The second kappa shape index (κ2) is 6.85. The molecule has 0 aliphatic carbocycles. The summed E-state index contributed by atoms with van der Waals surface area (Å²) in [5.74, 6) is 0.120. The van der Waals surface area contributed by atoms with Crippen molar-refractivity contribution in [1.29, 1.82) is 0 Å². The van der Waals surface area contributed by atoms with Gasteiger partial charge in [0.1, 0.15) is 0 Å². The van der Waals surface area contributed by atoms with Crippen molar-refractivity contribution in [1.82, 2.24) is 25.8 Å². The number of piperazine rings is 2. The lowest BCUT2D eigenvalue weighted by molar-refractivity contribution is -0.124. The van der Waals surface area contributed by atoms with E-state index < -0.39 is 0 Å². The van der Waals surface area contributed by atoms with E-state index >= 15 is 0 Å². The van der Waals surface area contributed by atoms with Crippen molar-refractivity contribution in [2.75, 3.05) is 52.4 Å². The molecule has 115 valence electrons. The predicted octanol–water partition coefficient (Wildman–Crippen LogP) is -0.948. The smallest absolute Gasteiger partial charge is 0.234 e. The summed E-state index contributed by atoms with van der Waals surface area (Å²) in [6.45, 7) is 13.3. The van der Waals surface area contributed by atoms with Gasteiger partial charge in [0.2, 0.25) is 5.91 Å². The van der Waals surface area contributed by atoms with Crippen LogP contribution in [0.2, 0.25) is 0 Å². The van der Waals surface area contributed by atoms with E-state index in [0.29, 0.717) is 12.7 Å². The average molecular weight is 282 g/mol. The van der Waals surface area contributed by atoms with Gasteiger partial charge in [-0.1, -0.05) is 0 Å². The fourth-order valence-corrected chi connectivity index (χ4v) is 2.71. The molecule has 0 bridgehead atoms. The fourth-order valence-electron chi connectivity index (χ4n) is 2.71. The number of hydrogen-bond donors (Lipinski definition) is 2. The van der Waals surface area contributed by atoms with Crippen LogP contribution in [-0.2, 0) is 4.79 Å². The van der Waals surface area contributed by atoms with E-state index in [-0.39, 0.29) is 11.4 Å². The van der Waals surface area contributed by atoms with Gasteiger partial charge in [-0.15, -0.1) is 0 Å². The van der Waals surface area contributed by atoms with Crippen molar-refractivity contribution in [3.8, 4) is 0 Å². The summed E-state index contributed by atoms with van der Waals surface area (Å²) in [5, 5.41) is 11.1. The minimum Gasteiger partial charge on any atom is -0.350 e. The number of rotatable bonds is 3. The van der Waals surface area contributed by atoms with Gasteiger partial charge >= 0.3 is 0 Å². The van der Waals surface area contributed by atoms with Crippen LogP contribution in [0, 0.1) is 0 Å². The first kappa shape index (κ1) is 15.7. The number of carbonyl (C=O) groups is 1. The average Bonchev–Trinajstić information content (AvgIpc) is 2.38. The van der Waals surface area contributed by atoms with Crippen LogP contribution in [0.25, 0.3) is 0 Å². The standard InChI is InChI=1S/C14H28N5O/c1-14(2,3)17-13(20)11-18-6-8-19(9-7-18)12-10-15-4-5-16-12/h12,15H,4-11H2,1-3H3,(H,17,20). The van der Waals surface area contributed by atoms with Crippen LogP contribution >= 0.6 is 0 Å². The van der Waals surface area contributed by atoms with Crippen LogP contribution in [0.3, 0.4) is 0 Å². The maximum absolute atomic E-state index is 11.9. The molecule has 2 fully saturated rings. The second-order valence-corrected chi connectivity index (χ2v) is 6.70. The van der Waals surface area contributed by atoms with Crippen molar-refractivity contribution in [3.63, 3.8) is 0 Å². The third-order valence-electron chi connectivity index (χ3n) is 3.67. The molecule has 6 nitrogen and oxygen atoms in total. The van der Waals surface area contributed by atoms with Crippen LogP contribution in [0.1, 0.15) is 20.8 Å². The van der Waals surface area contributed by atoms with E-state index in [2.05, 4.69) is 25.8 Å². The zero-order valence-electron chi connectivity index (χ0n) is 13.0. The Morgan fingerprint density at radius 2 is 2.00 bits per heavy atom. The highest BCUT2D eigenvalue weighted by molar-refractivity contribution is 5.78. The summed E-state index contributed by atoms with van der Waals surface area (Å²) in [5.41, 5.74) is -0.147. The van der Waals surface area contributed by atoms with Crippen molar-refractivity contribution in [2.45, 2.75) is 32.5 Å². The predicted molar refractivity (Wildman–Crippen MR) is 79.6 cm³/mol. The van der Waals surface area contributed by atoms with E-state index in [0.717, 1.165) is 45.8 Å². The molecule has 1 amide bonds. The molecule has 0 spiro atoms. The minimum atomic E-state index is -0.147. The molecule has 0 aromatic heterocycles. The maximum atomic E-state index is 11.9. The first-order valence-electron chi connectivity index (χ1n) is 7.59. The van der Waals surface area contributed by atoms with Gasteiger partial charge in [-0.05, 0) is 20.8 Å². The molecule has 1 unspecified atom stereocenters. The topological polar surface area (TPSA) is 61.7 Å². The Balaban J connectivity index is 1.70. The third kappa shape index (κ3) is 5.01. The van der Waals surface area contributed by atoms with Gasteiger partial charge in [-0.25, -0.2) is 5.32 Å². The molecule has 1 atom stereocenters. The summed E-state index contributed by atoms with van der Waals surface area (Å²) in [4.78, 5) is 16.6. The first-order valence-corrected chi connectivity index (χ1v) is 7.59. The Kier molecular flexibility index (Phi) is 5.37. The van der Waals surface area contributed by atoms with Crippen LogP contribution in [0.5, 0.6) is 0 Å². The Labute approximate surface area is 122 Å². The van der Waals surface area contributed by atoms with Crippen LogP contribution in [0.15, 0.2) is 0 Å². The van der Waals surface area contributed by atoms with Gasteiger partial charge in [0.15, 0.2) is 0 Å². The quantitative estimate of drug-likeness (QED) is 0.701. The lowest BCUT2D eigenvalue weighted by Crippen LogP contribution is -2.59. The maximum Gasteiger partial charge on any atom is 0.234 e. The summed E-state index contributed by atoms with van der Waals surface area (Å²) in [7, 11) is 0. The molecule has 0 saturated carbocycles. The number of nitrogens with one attached hydrogen (secondary N) is 2. The van der Waals surface area contributed by atoms with Crippen molar-refractivity contribution in [2.24, 2.45) is 0 Å². The lowest BCUT2D eigenvalue weighted by atomic mass is 10.1. The summed E-state index contributed by atoms with van der Waals surface area (Å²) >= 11 is 0. The van der Waals surface area contributed by atoms with Crippen LogP contribution < -0.4 is 16.0 Å². The summed E-state index contributed by atoms with van der Waals surface area (Å²) in [6.07, 6.45) is 0.328. The molecule has 2 heterocycles. The summed E-state index contributed by atoms with van der Waals surface area (Å²) in [6, 6.07) is 0. The molecule has 20 heavy (non-hydrogen) atoms. The SMILES string of the molecule is CC(C)(C)NC(=O)CN1CCN(C2CNCC[N]2)CC1. The van der Waals surface area contributed by atoms with Gasteiger partial charge in [-0.3, -0.25) is 14.6 Å². The largest absolute Gasteiger partial charge is 0.350 e. The third-order valence-corrected chi connectivity index (χ3v) is 3.67. The molecular weight excluding hydrogens is 254 g/mol. The Morgan fingerprint density at radius 1 is 1.30 bits per heavy atom. The van der Waals surface area contributed by atoms with Crippen LogP contribution in [0.4, 0.5) is 0 Å². The van der Waals surface area contributed by atoms with Gasteiger partial charge < -0.3 is 10.6 Å². The number of amides is 1. The van der Waals surface area contributed by atoms with Crippen molar-refractivity contribution in [3.05, 3.63) is 0 Å². The molecule has 2 N–H and O–H groups in total. The van der Waals surface area contributed by atoms with E-state index in [1.165, 1.54) is 0 Å². The minimum absolute atomic E-state index is 0.120. The number of nitrogens with zero attached hydrogens (tertiary/aromatic N) is 3. The zero-order valence-corrected chi connectivity index (χ0v) is 13.0. The van der Waals surface area contributed by atoms with E-state index in [1.807, 2.05) is 20.8 Å². The highest BCUT2D eigenvalue weighted by atomic mass is 16.2. The summed E-state index contributed by atoms with van der Waals surface area (Å²) < 4.78 is 0. The second-order valence-electron chi connectivity index (χ2n) is 6.70. The molecule has 0 aromatic rings. The fraction of sp³-hybridized carbons (Fsp3) is 0.929. The van der Waals surface area contributed by atoms with Crippen molar-refractivity contribution < 1.29 is 4.79 Å². The highest BCUT2D eigenvalue weighted by Crippen LogP contribution is 2.07. The van der Waals surface area contributed by atoms with Crippen molar-refractivity contribution >= 4 is 5.91 Å². The number of hydrogen-bond acceptors (Lipinski definition) is 4. The monoisotopic (exact) mass is 282 g/mol. The molecule has 2 saturated heterocycles. The van der Waals surface area contributed by atoms with Gasteiger partial charge in [0.05, 0.1) is 12.7 Å². The Hall–Kier alpha value is -0.690. The van der Waals surface area contributed by atoms with E-state index in [9.17, 15) is 4.79 Å².